The van der Waals surface area contributed by atoms with Gasteiger partial charge in [0.15, 0.2) is 0 Å². The summed E-state index contributed by atoms with van der Waals surface area (Å²) in [5.74, 6) is -0.351. The van der Waals surface area contributed by atoms with Crippen LogP contribution in [0.2, 0.25) is 0 Å². The van der Waals surface area contributed by atoms with E-state index < -0.39 is 16.1 Å². The van der Waals surface area contributed by atoms with Crippen molar-refractivity contribution in [3.05, 3.63) is 65.7 Å². The van der Waals surface area contributed by atoms with Gasteiger partial charge in [0.25, 0.3) is 0 Å². The van der Waals surface area contributed by atoms with Crippen LogP contribution in [0.3, 0.4) is 0 Å². The van der Waals surface area contributed by atoms with Gasteiger partial charge in [0.1, 0.15) is 6.04 Å². The van der Waals surface area contributed by atoms with Crippen molar-refractivity contribution in [3.63, 3.8) is 0 Å². The summed E-state index contributed by atoms with van der Waals surface area (Å²) in [6.07, 6.45) is 0.936. The van der Waals surface area contributed by atoms with Gasteiger partial charge >= 0.3 is 0 Å². The number of nitrogens with one attached hydrogen (secondary N) is 2. The van der Waals surface area contributed by atoms with Crippen LogP contribution in [0.5, 0.6) is 0 Å². The Morgan fingerprint density at radius 1 is 1.07 bits per heavy atom. The first-order valence-corrected chi connectivity index (χ1v) is 10.9. The minimum absolute atomic E-state index is 0.139. The first-order chi connectivity index (χ1) is 13.4. The van der Waals surface area contributed by atoms with Crippen molar-refractivity contribution < 1.29 is 17.9 Å². The van der Waals surface area contributed by atoms with E-state index in [-0.39, 0.29) is 17.2 Å². The maximum absolute atomic E-state index is 12.8. The Kier molecular flexibility index (Phi) is 8.63. The Hall–Kier alpha value is -2.22. The summed E-state index contributed by atoms with van der Waals surface area (Å²) in [5.41, 5.74) is 1.84. The van der Waals surface area contributed by atoms with Crippen LogP contribution in [0.15, 0.2) is 59.5 Å². The van der Waals surface area contributed by atoms with Crippen LogP contribution in [0.1, 0.15) is 24.5 Å². The highest BCUT2D eigenvalue weighted by molar-refractivity contribution is 7.89. The van der Waals surface area contributed by atoms with Gasteiger partial charge in [-0.3, -0.25) is 4.79 Å². The van der Waals surface area contributed by atoms with Crippen LogP contribution in [-0.4, -0.2) is 40.1 Å². The fourth-order valence-electron chi connectivity index (χ4n) is 2.66. The summed E-state index contributed by atoms with van der Waals surface area (Å²) in [6.45, 7) is 5.40. The number of benzene rings is 2. The summed E-state index contributed by atoms with van der Waals surface area (Å²) >= 11 is 0. The quantitative estimate of drug-likeness (QED) is 0.564. The largest absolute Gasteiger partial charge is 0.382 e. The molecule has 28 heavy (non-hydrogen) atoms. The van der Waals surface area contributed by atoms with Crippen LogP contribution < -0.4 is 10.0 Å². The minimum Gasteiger partial charge on any atom is -0.382 e. The molecule has 0 aromatic heterocycles. The van der Waals surface area contributed by atoms with Crippen LogP contribution >= 0.6 is 0 Å². The fraction of sp³-hybridized carbons (Fsp3) is 0.381. The van der Waals surface area contributed by atoms with Gasteiger partial charge in [-0.15, -0.1) is 0 Å². The molecule has 0 spiro atoms. The van der Waals surface area contributed by atoms with Crippen molar-refractivity contribution in [2.24, 2.45) is 0 Å². The fourth-order valence-corrected chi connectivity index (χ4v) is 3.86. The first-order valence-electron chi connectivity index (χ1n) is 9.40. The highest BCUT2D eigenvalue weighted by atomic mass is 32.2. The number of ether oxygens (including phenoxy) is 1. The predicted octanol–water partition coefficient (Wildman–Crippen LogP) is 2.43. The lowest BCUT2D eigenvalue weighted by atomic mass is 10.1. The highest BCUT2D eigenvalue weighted by Crippen LogP contribution is 2.12. The van der Waals surface area contributed by atoms with Gasteiger partial charge < -0.3 is 10.1 Å². The second-order valence-corrected chi connectivity index (χ2v) is 8.23. The normalized spacial score (nSPS) is 12.5. The van der Waals surface area contributed by atoms with Crippen LogP contribution in [0.25, 0.3) is 0 Å². The second kappa shape index (κ2) is 10.9. The molecule has 7 heteroatoms. The standard InChI is InChI=1S/C21H28N2O4S/c1-3-27-15-7-14-22-21(24)20(16-18-8-5-4-6-9-18)23-28(25,26)19-12-10-17(2)11-13-19/h4-6,8-13,20,23H,3,7,14-16H2,1-2H3,(H,22,24). The van der Waals surface area contributed by atoms with E-state index in [4.69, 9.17) is 4.74 Å². The molecule has 0 saturated carbocycles. The van der Waals surface area contributed by atoms with E-state index in [1.807, 2.05) is 44.2 Å². The molecular weight excluding hydrogens is 376 g/mol. The number of sulfonamides is 1. The van der Waals surface area contributed by atoms with Crippen molar-refractivity contribution in [2.45, 2.75) is 37.6 Å². The molecule has 0 aliphatic carbocycles. The van der Waals surface area contributed by atoms with Crippen molar-refractivity contribution >= 4 is 15.9 Å². The molecular formula is C21H28N2O4S. The number of hydrogen-bond donors (Lipinski definition) is 2. The molecule has 0 aliphatic rings. The molecule has 2 rings (SSSR count). The van der Waals surface area contributed by atoms with Crippen LogP contribution in [0.4, 0.5) is 0 Å². The molecule has 0 bridgehead atoms. The lowest BCUT2D eigenvalue weighted by molar-refractivity contribution is -0.122. The average molecular weight is 405 g/mol. The highest BCUT2D eigenvalue weighted by Gasteiger charge is 2.25. The number of rotatable bonds is 11. The molecule has 6 nitrogen and oxygen atoms in total. The number of hydrogen-bond acceptors (Lipinski definition) is 4. The maximum atomic E-state index is 12.8. The van der Waals surface area contributed by atoms with E-state index in [2.05, 4.69) is 10.0 Å². The second-order valence-electron chi connectivity index (χ2n) is 6.52. The number of amides is 1. The molecule has 1 atom stereocenters. The van der Waals surface area contributed by atoms with Gasteiger partial charge in [0.2, 0.25) is 15.9 Å². The number of carbonyl (C=O) groups is 1. The van der Waals surface area contributed by atoms with Gasteiger partial charge in [0.05, 0.1) is 4.90 Å². The number of aryl methyl sites for hydroxylation is 1. The van der Waals surface area contributed by atoms with Gasteiger partial charge in [0, 0.05) is 19.8 Å². The molecule has 2 aromatic carbocycles. The molecule has 152 valence electrons. The summed E-state index contributed by atoms with van der Waals surface area (Å²) in [7, 11) is -3.82. The zero-order valence-corrected chi connectivity index (χ0v) is 17.2. The van der Waals surface area contributed by atoms with Crippen molar-refractivity contribution in [1.29, 1.82) is 0 Å². The third-order valence-electron chi connectivity index (χ3n) is 4.20. The van der Waals surface area contributed by atoms with E-state index in [9.17, 15) is 13.2 Å². The van der Waals surface area contributed by atoms with Gasteiger partial charge in [-0.2, -0.15) is 4.72 Å². The molecule has 0 saturated heterocycles. The summed E-state index contributed by atoms with van der Waals surface area (Å²) in [5, 5.41) is 2.80. The Morgan fingerprint density at radius 3 is 2.39 bits per heavy atom. The zero-order chi connectivity index (χ0) is 20.4. The van der Waals surface area contributed by atoms with E-state index >= 15 is 0 Å². The van der Waals surface area contributed by atoms with Crippen LogP contribution in [-0.2, 0) is 26.0 Å². The van der Waals surface area contributed by atoms with E-state index in [1.54, 1.807) is 12.1 Å². The Bertz CT molecular complexity index is 836. The van der Waals surface area contributed by atoms with E-state index in [0.717, 1.165) is 11.1 Å². The maximum Gasteiger partial charge on any atom is 0.241 e. The lowest BCUT2D eigenvalue weighted by Gasteiger charge is -2.19. The summed E-state index contributed by atoms with van der Waals surface area (Å²) in [6, 6.07) is 15.0. The molecule has 0 aliphatic heterocycles. The van der Waals surface area contributed by atoms with Crippen molar-refractivity contribution in [2.75, 3.05) is 19.8 Å². The molecule has 2 N–H and O–H groups in total. The Morgan fingerprint density at radius 2 is 1.75 bits per heavy atom. The predicted molar refractivity (Wildman–Crippen MR) is 110 cm³/mol. The Labute approximate surface area is 167 Å². The summed E-state index contributed by atoms with van der Waals surface area (Å²) < 4.78 is 33.3. The minimum atomic E-state index is -3.82. The van der Waals surface area contributed by atoms with Crippen molar-refractivity contribution in [1.82, 2.24) is 10.0 Å². The molecule has 1 amide bonds. The monoisotopic (exact) mass is 404 g/mol. The van der Waals surface area contributed by atoms with Crippen molar-refractivity contribution in [3.8, 4) is 0 Å². The zero-order valence-electron chi connectivity index (χ0n) is 16.4. The molecule has 0 heterocycles. The topological polar surface area (TPSA) is 84.5 Å². The van der Waals surface area contributed by atoms with E-state index in [1.165, 1.54) is 12.1 Å². The van der Waals surface area contributed by atoms with E-state index in [0.29, 0.717) is 26.2 Å². The molecule has 0 fully saturated rings. The van der Waals surface area contributed by atoms with Crippen LogP contribution in [0, 0.1) is 6.92 Å². The molecule has 2 aromatic rings. The van der Waals surface area contributed by atoms with Gasteiger partial charge in [-0.05, 0) is 44.4 Å². The molecule has 1 unspecified atom stereocenters. The third-order valence-corrected chi connectivity index (χ3v) is 5.68. The average Bonchev–Trinajstić information content (AvgIpc) is 2.68. The third kappa shape index (κ3) is 7.07. The SMILES string of the molecule is CCOCCCNC(=O)C(Cc1ccccc1)NS(=O)(=O)c1ccc(C)cc1. The van der Waals surface area contributed by atoms with Gasteiger partial charge in [-0.25, -0.2) is 8.42 Å². The summed E-state index contributed by atoms with van der Waals surface area (Å²) in [4.78, 5) is 12.8. The lowest BCUT2D eigenvalue weighted by Crippen LogP contribution is -2.48. The smallest absolute Gasteiger partial charge is 0.241 e. The number of carbonyl (C=O) groups excluding carboxylic acids is 1. The molecule has 0 radical (unpaired) electrons. The van der Waals surface area contributed by atoms with Gasteiger partial charge in [-0.1, -0.05) is 48.0 Å². The first kappa shape index (κ1) is 22.1. The Balaban J connectivity index is 2.10.